The summed E-state index contributed by atoms with van der Waals surface area (Å²) >= 11 is 6.24. The van der Waals surface area contributed by atoms with E-state index in [0.29, 0.717) is 16.5 Å². The van der Waals surface area contributed by atoms with Gasteiger partial charge in [0.15, 0.2) is 0 Å². The highest BCUT2D eigenvalue weighted by molar-refractivity contribution is 6.51. The van der Waals surface area contributed by atoms with Crippen LogP contribution < -0.4 is 4.90 Å². The lowest BCUT2D eigenvalue weighted by Gasteiger charge is -2.24. The average molecular weight is 453 g/mol. The summed E-state index contributed by atoms with van der Waals surface area (Å²) in [5, 5.41) is 22.6. The van der Waals surface area contributed by atoms with E-state index in [-0.39, 0.29) is 22.6 Å². The molecule has 1 aliphatic rings. The minimum atomic E-state index is -1.08. The molecule has 1 atom stereocenters. The summed E-state index contributed by atoms with van der Waals surface area (Å²) in [6, 6.07) is 12.3. The van der Waals surface area contributed by atoms with Gasteiger partial charge in [0, 0.05) is 28.4 Å². The Morgan fingerprint density at radius 1 is 1.12 bits per heavy atom. The van der Waals surface area contributed by atoms with Crippen LogP contribution in [0, 0.1) is 24.0 Å². The predicted molar refractivity (Wildman–Crippen MR) is 118 cm³/mol. The molecule has 0 aliphatic carbocycles. The van der Waals surface area contributed by atoms with Crippen LogP contribution in [0.4, 0.5) is 11.4 Å². The average Bonchev–Trinajstić information content (AvgIpc) is 3.31. The SMILES string of the molecule is Cc1ccc(C2/C(=C(/O)c3cccc([N+](=O)[O-])c3)C(=O)C(=O)N2c2ccc(C)c(Cl)c2)o1. The third-order valence-electron chi connectivity index (χ3n) is 5.24. The summed E-state index contributed by atoms with van der Waals surface area (Å²) in [6.45, 7) is 3.51. The van der Waals surface area contributed by atoms with Crippen molar-refractivity contribution in [3.8, 4) is 0 Å². The van der Waals surface area contributed by atoms with Crippen molar-refractivity contribution in [1.29, 1.82) is 0 Å². The van der Waals surface area contributed by atoms with E-state index in [2.05, 4.69) is 0 Å². The first-order valence-corrected chi connectivity index (χ1v) is 9.95. The number of Topliss-reactive ketones (excluding diaryl/α,β-unsaturated/α-hetero) is 1. The molecule has 0 spiro atoms. The minimum Gasteiger partial charge on any atom is -0.507 e. The Hall–Kier alpha value is -3.91. The third kappa shape index (κ3) is 3.54. The molecular formula is C23H17ClN2O6. The molecule has 1 aliphatic heterocycles. The normalized spacial score (nSPS) is 17.7. The summed E-state index contributed by atoms with van der Waals surface area (Å²) in [5.41, 5.74) is 0.668. The van der Waals surface area contributed by atoms with Crippen molar-refractivity contribution in [3.63, 3.8) is 0 Å². The number of non-ortho nitro benzene ring substituents is 1. The summed E-state index contributed by atoms with van der Waals surface area (Å²) < 4.78 is 5.72. The second kappa shape index (κ2) is 7.97. The molecule has 0 saturated carbocycles. The first kappa shape index (κ1) is 21.3. The Kier molecular flexibility index (Phi) is 5.31. The fourth-order valence-electron chi connectivity index (χ4n) is 3.62. The number of nitro benzene ring substituents is 1. The van der Waals surface area contributed by atoms with E-state index in [0.717, 1.165) is 11.6 Å². The van der Waals surface area contributed by atoms with E-state index in [1.54, 1.807) is 44.2 Å². The molecule has 0 bridgehead atoms. The molecule has 1 N–H and O–H groups in total. The van der Waals surface area contributed by atoms with E-state index in [1.807, 2.05) is 0 Å². The standard InChI is InChI=1S/C23H17ClN2O6/c1-12-6-8-15(11-17(12)24)25-20(18-9-7-13(2)32-18)19(22(28)23(25)29)21(27)14-4-3-5-16(10-14)26(30)31/h3-11,20,27H,1-2H3/b21-19-. The zero-order valence-corrected chi connectivity index (χ0v) is 17.8. The van der Waals surface area contributed by atoms with Crippen molar-refractivity contribution in [1.82, 2.24) is 0 Å². The molecule has 1 aromatic heterocycles. The topological polar surface area (TPSA) is 114 Å². The monoisotopic (exact) mass is 452 g/mol. The van der Waals surface area contributed by atoms with Gasteiger partial charge in [-0.3, -0.25) is 24.6 Å². The number of rotatable bonds is 4. The van der Waals surface area contributed by atoms with E-state index in [9.17, 15) is 24.8 Å². The number of ketones is 1. The maximum Gasteiger partial charge on any atom is 0.300 e. The molecule has 1 fully saturated rings. The van der Waals surface area contributed by atoms with Crippen LogP contribution in [0.3, 0.4) is 0 Å². The molecule has 8 nitrogen and oxygen atoms in total. The zero-order chi connectivity index (χ0) is 23.2. The van der Waals surface area contributed by atoms with Crippen LogP contribution >= 0.6 is 11.6 Å². The molecular weight excluding hydrogens is 436 g/mol. The van der Waals surface area contributed by atoms with Gasteiger partial charge in [0.05, 0.1) is 10.5 Å². The number of carbonyl (C=O) groups is 2. The highest BCUT2D eigenvalue weighted by Gasteiger charge is 2.48. The number of anilines is 1. The maximum absolute atomic E-state index is 13.1. The lowest BCUT2D eigenvalue weighted by atomic mass is 9.99. The Morgan fingerprint density at radius 2 is 1.88 bits per heavy atom. The first-order chi connectivity index (χ1) is 15.2. The number of halogens is 1. The number of aliphatic hydroxyl groups excluding tert-OH is 1. The van der Waals surface area contributed by atoms with Crippen molar-refractivity contribution in [2.45, 2.75) is 19.9 Å². The quantitative estimate of drug-likeness (QED) is 0.194. The molecule has 162 valence electrons. The second-order valence-corrected chi connectivity index (χ2v) is 7.77. The van der Waals surface area contributed by atoms with Crippen molar-refractivity contribution < 1.29 is 24.0 Å². The molecule has 3 aromatic rings. The van der Waals surface area contributed by atoms with Gasteiger partial charge in [0.2, 0.25) is 0 Å². The van der Waals surface area contributed by atoms with Crippen LogP contribution in [0.25, 0.3) is 5.76 Å². The lowest BCUT2D eigenvalue weighted by molar-refractivity contribution is -0.384. The number of aliphatic hydroxyl groups is 1. The first-order valence-electron chi connectivity index (χ1n) is 9.57. The van der Waals surface area contributed by atoms with Crippen molar-refractivity contribution in [2.24, 2.45) is 0 Å². The van der Waals surface area contributed by atoms with Gasteiger partial charge in [0.1, 0.15) is 23.3 Å². The summed E-state index contributed by atoms with van der Waals surface area (Å²) in [7, 11) is 0. The number of benzene rings is 2. The van der Waals surface area contributed by atoms with Crippen LogP contribution in [0.1, 0.15) is 28.7 Å². The molecule has 4 rings (SSSR count). The smallest absolute Gasteiger partial charge is 0.300 e. The summed E-state index contributed by atoms with van der Waals surface area (Å²) in [5.74, 6) is -1.55. The third-order valence-corrected chi connectivity index (χ3v) is 5.65. The highest BCUT2D eigenvalue weighted by Crippen LogP contribution is 2.43. The molecule has 2 heterocycles. The molecule has 0 radical (unpaired) electrons. The Labute approximate surface area is 187 Å². The van der Waals surface area contributed by atoms with Gasteiger partial charge < -0.3 is 9.52 Å². The Morgan fingerprint density at radius 3 is 2.50 bits per heavy atom. The van der Waals surface area contributed by atoms with Crippen molar-refractivity contribution in [2.75, 3.05) is 4.90 Å². The van der Waals surface area contributed by atoms with Crippen LogP contribution in [0.5, 0.6) is 0 Å². The number of hydrogen-bond donors (Lipinski definition) is 1. The second-order valence-electron chi connectivity index (χ2n) is 7.36. The molecule has 9 heteroatoms. The van der Waals surface area contributed by atoms with Gasteiger partial charge in [-0.2, -0.15) is 0 Å². The number of nitrogens with zero attached hydrogens (tertiary/aromatic N) is 2. The van der Waals surface area contributed by atoms with E-state index < -0.39 is 28.4 Å². The van der Waals surface area contributed by atoms with Crippen LogP contribution in [0.15, 0.2) is 64.6 Å². The number of aryl methyl sites for hydroxylation is 2. The van der Waals surface area contributed by atoms with Crippen LogP contribution in [-0.4, -0.2) is 21.7 Å². The zero-order valence-electron chi connectivity index (χ0n) is 17.0. The van der Waals surface area contributed by atoms with Gasteiger partial charge in [-0.05, 0) is 43.7 Å². The number of nitro groups is 1. The highest BCUT2D eigenvalue weighted by atomic mass is 35.5. The molecule has 1 amide bonds. The van der Waals surface area contributed by atoms with Crippen molar-refractivity contribution >= 4 is 40.4 Å². The van der Waals surface area contributed by atoms with E-state index in [4.69, 9.17) is 16.0 Å². The fourth-order valence-corrected chi connectivity index (χ4v) is 3.80. The minimum absolute atomic E-state index is 0.0346. The molecule has 32 heavy (non-hydrogen) atoms. The Balaban J connectivity index is 1.95. The number of furan rings is 1. The van der Waals surface area contributed by atoms with Gasteiger partial charge >= 0.3 is 0 Å². The van der Waals surface area contributed by atoms with Crippen LogP contribution in [0.2, 0.25) is 5.02 Å². The van der Waals surface area contributed by atoms with Gasteiger partial charge in [-0.15, -0.1) is 0 Å². The Bertz CT molecular complexity index is 1310. The van der Waals surface area contributed by atoms with Gasteiger partial charge in [0.25, 0.3) is 17.4 Å². The van der Waals surface area contributed by atoms with Crippen LogP contribution in [-0.2, 0) is 9.59 Å². The summed E-state index contributed by atoms with van der Waals surface area (Å²) in [6.07, 6.45) is 0. The number of hydrogen-bond acceptors (Lipinski definition) is 6. The summed E-state index contributed by atoms with van der Waals surface area (Å²) in [4.78, 5) is 37.8. The predicted octanol–water partition coefficient (Wildman–Crippen LogP) is 5.08. The molecule has 1 unspecified atom stereocenters. The molecule has 1 saturated heterocycles. The molecule has 2 aromatic carbocycles. The van der Waals surface area contributed by atoms with E-state index in [1.165, 1.54) is 23.1 Å². The van der Waals surface area contributed by atoms with Crippen molar-refractivity contribution in [3.05, 3.63) is 98.0 Å². The fraction of sp³-hybridized carbons (Fsp3) is 0.130. The number of carbonyl (C=O) groups excluding carboxylic acids is 2. The lowest BCUT2D eigenvalue weighted by Crippen LogP contribution is -2.29. The van der Waals surface area contributed by atoms with Gasteiger partial charge in [-0.1, -0.05) is 29.8 Å². The number of amides is 1. The largest absolute Gasteiger partial charge is 0.507 e. The van der Waals surface area contributed by atoms with Gasteiger partial charge in [-0.25, -0.2) is 0 Å². The maximum atomic E-state index is 13.1. The van der Waals surface area contributed by atoms with E-state index >= 15 is 0 Å².